The van der Waals surface area contributed by atoms with Crippen LogP contribution in [0.4, 0.5) is 17.1 Å². The normalized spacial score (nSPS) is 13.1. The van der Waals surface area contributed by atoms with Crippen molar-refractivity contribution in [3.05, 3.63) is 205 Å². The molecule has 0 fully saturated rings. The Labute approximate surface area is 378 Å². The second kappa shape index (κ2) is 13.7. The van der Waals surface area contributed by atoms with Crippen LogP contribution in [0.5, 0.6) is 0 Å². The minimum atomic E-state index is -0.162. The fraction of sp³-hybridized carbons (Fsp3) is 0.0508. The third kappa shape index (κ3) is 5.43. The lowest BCUT2D eigenvalue weighted by Crippen LogP contribution is -2.16. The first kappa shape index (κ1) is 36.8. The first-order valence-corrected chi connectivity index (χ1v) is 22.3. The smallest absolute Gasteiger partial charge is 0.227 e. The number of fused-ring (bicyclic) bond motifs is 11. The molecule has 4 heterocycles. The van der Waals surface area contributed by atoms with Crippen LogP contribution in [-0.4, -0.2) is 14.5 Å². The predicted molar refractivity (Wildman–Crippen MR) is 266 cm³/mol. The number of furan rings is 1. The van der Waals surface area contributed by atoms with Gasteiger partial charge >= 0.3 is 0 Å². The van der Waals surface area contributed by atoms with Gasteiger partial charge in [-0.15, -0.1) is 0 Å². The lowest BCUT2D eigenvalue weighted by Gasteiger charge is -2.28. The van der Waals surface area contributed by atoms with Crippen molar-refractivity contribution >= 4 is 83.0 Å². The van der Waals surface area contributed by atoms with E-state index in [1.165, 1.54) is 22.3 Å². The molecular formula is C59H38N4O3. The van der Waals surface area contributed by atoms with Gasteiger partial charge in [0.1, 0.15) is 22.2 Å². The average molecular weight is 851 g/mol. The van der Waals surface area contributed by atoms with E-state index in [0.29, 0.717) is 11.8 Å². The molecule has 1 aliphatic rings. The Morgan fingerprint density at radius 2 is 1.00 bits per heavy atom. The lowest BCUT2D eigenvalue weighted by molar-refractivity contribution is 0.619. The third-order valence-electron chi connectivity index (χ3n) is 13.7. The summed E-state index contributed by atoms with van der Waals surface area (Å²) in [6.07, 6.45) is 0. The van der Waals surface area contributed by atoms with E-state index in [0.717, 1.165) is 99.8 Å². The molecule has 4 aromatic heterocycles. The molecule has 0 radical (unpaired) electrons. The summed E-state index contributed by atoms with van der Waals surface area (Å²) in [6, 6.07) is 68.1. The SMILES string of the molecule is CC1(C)c2ccccc2-c2ccc(N(c3ccc(-c4nc5ccccc5o4)cc3)c3ccc4oc5ccc(-n6c7ccccc7c7cc(-c8nc9ccccc9o8)ccc76)cc5c4c3)cc21. The van der Waals surface area contributed by atoms with E-state index in [1.807, 2.05) is 48.5 Å². The van der Waals surface area contributed by atoms with Crippen molar-refractivity contribution in [2.75, 3.05) is 4.90 Å². The Kier molecular flexibility index (Phi) is 7.61. The third-order valence-corrected chi connectivity index (χ3v) is 13.7. The number of aromatic nitrogens is 3. The van der Waals surface area contributed by atoms with Gasteiger partial charge in [-0.3, -0.25) is 0 Å². The molecule has 0 spiro atoms. The van der Waals surface area contributed by atoms with Crippen LogP contribution < -0.4 is 4.90 Å². The van der Waals surface area contributed by atoms with Crippen LogP contribution >= 0.6 is 0 Å². The van der Waals surface area contributed by atoms with E-state index < -0.39 is 0 Å². The summed E-state index contributed by atoms with van der Waals surface area (Å²) in [7, 11) is 0. The molecule has 0 saturated heterocycles. The second-order valence-electron chi connectivity index (χ2n) is 17.8. The highest BCUT2D eigenvalue weighted by Crippen LogP contribution is 2.51. The lowest BCUT2D eigenvalue weighted by atomic mass is 9.82. The maximum atomic E-state index is 6.59. The van der Waals surface area contributed by atoms with Crippen LogP contribution in [0, 0.1) is 0 Å². The molecule has 7 heteroatoms. The fourth-order valence-corrected chi connectivity index (χ4v) is 10.4. The van der Waals surface area contributed by atoms with Crippen molar-refractivity contribution in [1.29, 1.82) is 0 Å². The van der Waals surface area contributed by atoms with Gasteiger partial charge in [0.05, 0.1) is 11.0 Å². The van der Waals surface area contributed by atoms with E-state index in [4.69, 9.17) is 23.2 Å². The van der Waals surface area contributed by atoms with Gasteiger partial charge in [-0.25, -0.2) is 9.97 Å². The number of nitrogens with zero attached hydrogens (tertiary/aromatic N) is 4. The van der Waals surface area contributed by atoms with E-state index in [9.17, 15) is 0 Å². The average Bonchev–Trinajstić information content (AvgIpc) is 4.18. The fourth-order valence-electron chi connectivity index (χ4n) is 10.4. The van der Waals surface area contributed by atoms with Gasteiger partial charge < -0.3 is 22.7 Å². The Morgan fingerprint density at radius 1 is 0.409 bits per heavy atom. The molecule has 0 unspecified atom stereocenters. The molecule has 0 atom stereocenters. The zero-order valence-electron chi connectivity index (χ0n) is 36.0. The van der Waals surface area contributed by atoms with Crippen molar-refractivity contribution < 1.29 is 13.3 Å². The Hall–Kier alpha value is -8.68. The maximum absolute atomic E-state index is 6.59. The Bertz CT molecular complexity index is 4040. The summed E-state index contributed by atoms with van der Waals surface area (Å²) in [4.78, 5) is 11.9. The van der Waals surface area contributed by atoms with Crippen LogP contribution in [-0.2, 0) is 5.41 Å². The van der Waals surface area contributed by atoms with E-state index in [2.05, 4.69) is 169 Å². The first-order valence-electron chi connectivity index (χ1n) is 22.3. The summed E-state index contributed by atoms with van der Waals surface area (Å²) in [6.45, 7) is 4.66. The molecule has 0 amide bonds. The molecule has 0 saturated carbocycles. The summed E-state index contributed by atoms with van der Waals surface area (Å²) < 4.78 is 21.3. The monoisotopic (exact) mass is 850 g/mol. The number of hydrogen-bond donors (Lipinski definition) is 0. The van der Waals surface area contributed by atoms with Crippen LogP contribution in [0.2, 0.25) is 0 Å². The maximum Gasteiger partial charge on any atom is 0.227 e. The predicted octanol–water partition coefficient (Wildman–Crippen LogP) is 16.1. The van der Waals surface area contributed by atoms with Crippen molar-refractivity contribution in [2.45, 2.75) is 19.3 Å². The molecular weight excluding hydrogens is 813 g/mol. The first-order chi connectivity index (χ1) is 32.4. The number of rotatable bonds is 6. The van der Waals surface area contributed by atoms with Crippen molar-refractivity contribution in [1.82, 2.24) is 14.5 Å². The molecule has 7 nitrogen and oxygen atoms in total. The summed E-state index contributed by atoms with van der Waals surface area (Å²) in [5.74, 6) is 1.21. The molecule has 66 heavy (non-hydrogen) atoms. The Morgan fingerprint density at radius 3 is 1.79 bits per heavy atom. The molecule has 0 N–H and O–H groups in total. The van der Waals surface area contributed by atoms with Crippen molar-refractivity contribution in [3.8, 4) is 39.7 Å². The van der Waals surface area contributed by atoms with Crippen LogP contribution in [0.1, 0.15) is 25.0 Å². The second-order valence-corrected chi connectivity index (χ2v) is 17.8. The van der Waals surface area contributed by atoms with Crippen molar-refractivity contribution in [2.24, 2.45) is 0 Å². The molecule has 1 aliphatic carbocycles. The molecule has 14 rings (SSSR count). The van der Waals surface area contributed by atoms with Gasteiger partial charge in [0.15, 0.2) is 11.2 Å². The number of para-hydroxylation sites is 5. The summed E-state index contributed by atoms with van der Waals surface area (Å²) in [5, 5.41) is 4.35. The number of benzene rings is 9. The van der Waals surface area contributed by atoms with E-state index in [1.54, 1.807) is 0 Å². The molecule has 0 aliphatic heterocycles. The molecule has 13 aromatic rings. The minimum absolute atomic E-state index is 0.162. The highest BCUT2D eigenvalue weighted by molar-refractivity contribution is 6.12. The highest BCUT2D eigenvalue weighted by atomic mass is 16.4. The molecule has 312 valence electrons. The zero-order chi connectivity index (χ0) is 43.7. The van der Waals surface area contributed by atoms with E-state index >= 15 is 0 Å². The van der Waals surface area contributed by atoms with Gasteiger partial charge in [-0.1, -0.05) is 86.6 Å². The van der Waals surface area contributed by atoms with Gasteiger partial charge in [-0.2, -0.15) is 0 Å². The van der Waals surface area contributed by atoms with E-state index in [-0.39, 0.29) is 5.41 Å². The van der Waals surface area contributed by atoms with Crippen molar-refractivity contribution in [3.63, 3.8) is 0 Å². The zero-order valence-corrected chi connectivity index (χ0v) is 36.0. The van der Waals surface area contributed by atoms with Crippen LogP contribution in [0.25, 0.3) is 106 Å². The number of oxazole rings is 2. The van der Waals surface area contributed by atoms with Gasteiger partial charge in [0.2, 0.25) is 11.8 Å². The van der Waals surface area contributed by atoms with Crippen LogP contribution in [0.15, 0.2) is 207 Å². The Balaban J connectivity index is 0.915. The number of hydrogen-bond acceptors (Lipinski definition) is 6. The topological polar surface area (TPSA) is 73.4 Å². The largest absolute Gasteiger partial charge is 0.456 e. The quantitative estimate of drug-likeness (QED) is 0.166. The molecule has 9 aromatic carbocycles. The summed E-state index contributed by atoms with van der Waals surface area (Å²) >= 11 is 0. The highest BCUT2D eigenvalue weighted by Gasteiger charge is 2.36. The standard InChI is InChI=1S/C59H38N4O3/c1-59(2)47-13-5-3-11-41(47)42-27-24-40(34-48(42)59)62(37-22-19-35(20-23-37)57-60-49-14-6-9-17-55(49)65-57)38-25-29-53-45(32-38)46-33-39(26-30-54(46)64-53)63-51-16-8-4-12-43(51)44-31-36(21-28-52(44)63)58-61-50-15-7-10-18-56(50)66-58/h3-34H,1-2H3. The van der Waals surface area contributed by atoms with Gasteiger partial charge in [0.25, 0.3) is 0 Å². The van der Waals surface area contributed by atoms with Gasteiger partial charge in [-0.05, 0) is 144 Å². The van der Waals surface area contributed by atoms with Crippen LogP contribution in [0.3, 0.4) is 0 Å². The minimum Gasteiger partial charge on any atom is -0.456 e. The van der Waals surface area contributed by atoms with Gasteiger partial charge in [0, 0.05) is 60.8 Å². The summed E-state index contributed by atoms with van der Waals surface area (Å²) in [5.41, 5.74) is 18.2. The molecule has 0 bridgehead atoms. The number of anilines is 3.